The number of phenolic OH excluding ortho intramolecular Hbond substituents is 2. The minimum Gasteiger partial charge on any atom is -0.507 e. The fourth-order valence-electron chi connectivity index (χ4n) is 13.8. The number of hydrogen-bond donors (Lipinski definition) is 2. The van der Waals surface area contributed by atoms with Crippen molar-refractivity contribution in [1.82, 2.24) is 0 Å². The Balaban J connectivity index is 1.20. The Morgan fingerprint density at radius 3 is 0.807 bits per heavy atom. The van der Waals surface area contributed by atoms with E-state index in [-0.39, 0.29) is 140 Å². The lowest BCUT2D eigenvalue weighted by molar-refractivity contribution is 0.0755. The summed E-state index contributed by atoms with van der Waals surface area (Å²) < 4.78 is 111. The first kappa shape index (κ1) is 83.7. The first-order valence-corrected chi connectivity index (χ1v) is 41.3. The Morgan fingerprint density at radius 2 is 0.541 bits per heavy atom. The van der Waals surface area contributed by atoms with E-state index in [2.05, 4.69) is 197 Å². The highest BCUT2D eigenvalue weighted by Crippen LogP contribution is 2.46. The van der Waals surface area contributed by atoms with Gasteiger partial charge in [-0.3, -0.25) is 8.37 Å². The van der Waals surface area contributed by atoms with Gasteiger partial charge in [0.2, 0.25) is 0 Å². The van der Waals surface area contributed by atoms with Crippen LogP contribution in [-0.2, 0) is 114 Å². The third kappa shape index (κ3) is 21.5. The van der Waals surface area contributed by atoms with Crippen molar-refractivity contribution in [2.75, 3.05) is 79.3 Å². The van der Waals surface area contributed by atoms with Crippen molar-refractivity contribution < 1.29 is 68.6 Å². The molecule has 3 aliphatic rings. The van der Waals surface area contributed by atoms with Gasteiger partial charge >= 0.3 is 0 Å². The quantitative estimate of drug-likeness (QED) is 0.0468. The third-order valence-electron chi connectivity index (χ3n) is 20.4. The molecule has 0 atom stereocenters. The molecule has 588 valence electrons. The predicted molar refractivity (Wildman–Crippen MR) is 434 cm³/mol. The van der Waals surface area contributed by atoms with E-state index in [1.54, 1.807) is 24.3 Å². The SMILES string of the molecule is Cc1ccc(S(=O)(=O)OCCOCCOc2c3cc(C(C)(C)C)cc2Cc2cc(C(C)(C)C)cc4c2OCCOCCOc2c(cc(C(C)(C)C)cc2Cc2cc(C(C)(C)C)cc(c2OCCOCCOS(=O)(=O)c2ccc(C)cc2)Cc2cc(C(C)(C)C)cc(c2O)C3)Cc2cc(C(C)(C)C)cc(c2O)C4)cc1. The van der Waals surface area contributed by atoms with E-state index in [4.69, 9.17) is 41.5 Å². The highest BCUT2D eigenvalue weighted by Gasteiger charge is 2.32. The summed E-state index contributed by atoms with van der Waals surface area (Å²) in [7, 11) is -8.07. The van der Waals surface area contributed by atoms with Gasteiger partial charge in [0, 0.05) is 38.5 Å². The van der Waals surface area contributed by atoms with E-state index in [9.17, 15) is 27.0 Å². The Hall–Kier alpha value is -7.74. The average molecular weight is 1530 g/mol. The van der Waals surface area contributed by atoms with E-state index in [1.807, 2.05) is 13.8 Å². The topological polar surface area (TPSA) is 192 Å². The van der Waals surface area contributed by atoms with E-state index >= 15 is 0 Å². The molecule has 11 rings (SSSR count). The molecule has 17 heteroatoms. The number of aryl methyl sites for hydroxylation is 2. The van der Waals surface area contributed by atoms with Crippen LogP contribution in [0.5, 0.6) is 34.5 Å². The zero-order valence-electron chi connectivity index (χ0n) is 68.3. The molecule has 0 fully saturated rings. The summed E-state index contributed by atoms with van der Waals surface area (Å²) in [5.41, 5.74) is 16.0. The lowest BCUT2D eigenvalue weighted by Crippen LogP contribution is -2.19. The van der Waals surface area contributed by atoms with Crippen molar-refractivity contribution in [3.8, 4) is 34.5 Å². The molecule has 0 saturated heterocycles. The number of phenols is 2. The fourth-order valence-corrected chi connectivity index (χ4v) is 15.6. The summed E-state index contributed by atoms with van der Waals surface area (Å²) in [4.78, 5) is 0.134. The second kappa shape index (κ2) is 33.7. The van der Waals surface area contributed by atoms with Crippen molar-refractivity contribution in [1.29, 1.82) is 0 Å². The van der Waals surface area contributed by atoms with Gasteiger partial charge in [-0.2, -0.15) is 16.8 Å². The molecule has 8 aromatic carbocycles. The third-order valence-corrected chi connectivity index (χ3v) is 23.1. The average Bonchev–Trinajstić information content (AvgIpc) is 0.768. The highest BCUT2D eigenvalue weighted by atomic mass is 32.2. The molecular formula is C92H118O15S2. The van der Waals surface area contributed by atoms with Gasteiger partial charge in [-0.25, -0.2) is 0 Å². The normalized spacial score (nSPS) is 14.5. The van der Waals surface area contributed by atoms with Crippen LogP contribution in [-0.4, -0.2) is 106 Å². The predicted octanol–water partition coefficient (Wildman–Crippen LogP) is 18.7. The Bertz CT molecular complexity index is 4500. The molecule has 2 aliphatic heterocycles. The van der Waals surface area contributed by atoms with Crippen molar-refractivity contribution in [2.45, 2.75) is 219 Å². The maximum Gasteiger partial charge on any atom is 0.297 e. The van der Waals surface area contributed by atoms with Gasteiger partial charge in [-0.1, -0.05) is 233 Å². The van der Waals surface area contributed by atoms with E-state index in [0.29, 0.717) is 59.8 Å². The molecule has 109 heavy (non-hydrogen) atoms. The summed E-state index contributed by atoms with van der Waals surface area (Å²) in [6.45, 7) is 44.2. The lowest BCUT2D eigenvalue weighted by Gasteiger charge is -2.29. The minimum absolute atomic E-state index is 0.0193. The van der Waals surface area contributed by atoms with E-state index in [0.717, 1.165) is 100 Å². The molecule has 2 N–H and O–H groups in total. The minimum atomic E-state index is -4.04. The maximum atomic E-state index is 13.4. The summed E-state index contributed by atoms with van der Waals surface area (Å²) in [5, 5.41) is 26.7. The second-order valence-corrected chi connectivity index (χ2v) is 39.0. The number of aromatic hydroxyl groups is 2. The lowest BCUT2D eigenvalue weighted by atomic mass is 9.79. The van der Waals surface area contributed by atoms with Crippen molar-refractivity contribution >= 4 is 20.2 Å². The van der Waals surface area contributed by atoms with Gasteiger partial charge in [-0.05, 0) is 171 Å². The van der Waals surface area contributed by atoms with Crippen LogP contribution in [0.25, 0.3) is 0 Å². The van der Waals surface area contributed by atoms with E-state index < -0.39 is 25.7 Å². The molecule has 0 spiro atoms. The first-order valence-electron chi connectivity index (χ1n) is 38.4. The summed E-state index contributed by atoms with van der Waals surface area (Å²) >= 11 is 0. The van der Waals surface area contributed by atoms with Crippen molar-refractivity contribution in [2.24, 2.45) is 0 Å². The molecule has 14 bridgehead atoms. The standard InChI is InChI=1S/C92H118O15S2/c1-59-21-25-79(26-22-59)108(95,96)106-39-33-100-31-37-104-85-67-43-63-49-74(88(6,7)8)50-64(82(63)94)44-68-54-78(92(18,19)20)58-72(86(68)105-38-32-101-34-40-107-109(97,98)80-27-23-60(2)24-28-80)46-70-56-76(90(12,13)14)52-66-42-62-48-73(87(3,4)5)47-61(81(62)93)41-65-51-75(89(9,10)11)55-69(45-71(85)57-77(53-67)91(15,16)17)83(65)102-35-29-99-30-36-103-84(66)70/h21-28,47-58,93-94H,29-46H2,1-20H3. The van der Waals surface area contributed by atoms with Gasteiger partial charge in [0.1, 0.15) is 60.9 Å². The number of ether oxygens (including phenoxy) is 7. The van der Waals surface area contributed by atoms with Gasteiger partial charge in [0.05, 0.1) is 62.6 Å². The molecule has 8 aromatic rings. The van der Waals surface area contributed by atoms with Gasteiger partial charge in [0.25, 0.3) is 20.2 Å². The van der Waals surface area contributed by atoms with Crippen LogP contribution in [0.1, 0.15) is 236 Å². The number of hydrogen-bond acceptors (Lipinski definition) is 15. The molecule has 0 amide bonds. The Labute approximate surface area is 650 Å². The number of benzene rings is 8. The number of fused-ring (bicyclic) bond motifs is 6. The van der Waals surface area contributed by atoms with Crippen LogP contribution < -0.4 is 18.9 Å². The molecule has 0 unspecified atom stereocenters. The molecule has 0 radical (unpaired) electrons. The molecular weight excluding hydrogens is 1410 g/mol. The van der Waals surface area contributed by atoms with Crippen LogP contribution >= 0.6 is 0 Å². The van der Waals surface area contributed by atoms with Crippen LogP contribution in [0.3, 0.4) is 0 Å². The molecule has 0 saturated carbocycles. The van der Waals surface area contributed by atoms with Crippen molar-refractivity contribution in [3.05, 3.63) is 233 Å². The van der Waals surface area contributed by atoms with Crippen LogP contribution in [0, 0.1) is 13.8 Å². The Morgan fingerprint density at radius 1 is 0.312 bits per heavy atom. The van der Waals surface area contributed by atoms with Gasteiger partial charge < -0.3 is 43.4 Å². The molecule has 2 heterocycles. The van der Waals surface area contributed by atoms with Crippen LogP contribution in [0.4, 0.5) is 0 Å². The first-order chi connectivity index (χ1) is 50.9. The molecule has 0 aromatic heterocycles. The number of rotatable bonds is 18. The second-order valence-electron chi connectivity index (χ2n) is 35.8. The smallest absolute Gasteiger partial charge is 0.297 e. The van der Waals surface area contributed by atoms with Crippen LogP contribution in [0.2, 0.25) is 0 Å². The van der Waals surface area contributed by atoms with E-state index in [1.165, 1.54) is 24.3 Å². The summed E-state index contributed by atoms with van der Waals surface area (Å²) in [6, 6.07) is 39.5. The largest absolute Gasteiger partial charge is 0.507 e. The summed E-state index contributed by atoms with van der Waals surface area (Å²) in [6.07, 6.45) is 1.84. The Kier molecular flexibility index (Phi) is 25.9. The summed E-state index contributed by atoms with van der Waals surface area (Å²) in [5.74, 6) is 2.91. The zero-order valence-corrected chi connectivity index (χ0v) is 69.9. The zero-order chi connectivity index (χ0) is 79.4. The molecule has 15 nitrogen and oxygen atoms in total. The van der Waals surface area contributed by atoms with Gasteiger partial charge in [0.15, 0.2) is 0 Å². The maximum absolute atomic E-state index is 13.4. The highest BCUT2D eigenvalue weighted by molar-refractivity contribution is 7.87. The van der Waals surface area contributed by atoms with Crippen molar-refractivity contribution in [3.63, 3.8) is 0 Å². The molecule has 1 aliphatic carbocycles. The van der Waals surface area contributed by atoms with Crippen LogP contribution in [0.15, 0.2) is 131 Å². The monoisotopic (exact) mass is 1530 g/mol. The fraction of sp³-hybridized carbons (Fsp3) is 0.478. The van der Waals surface area contributed by atoms with Gasteiger partial charge in [-0.15, -0.1) is 0 Å².